The van der Waals surface area contributed by atoms with Gasteiger partial charge in [-0.05, 0) is 32.9 Å². The smallest absolute Gasteiger partial charge is 0.499 e. The molecule has 19 heteroatoms. The zero-order chi connectivity index (χ0) is 35.2. The highest BCUT2D eigenvalue weighted by Gasteiger charge is 2.49. The van der Waals surface area contributed by atoms with E-state index >= 15 is 0 Å². The van der Waals surface area contributed by atoms with Crippen molar-refractivity contribution in [2.75, 3.05) is 26.9 Å². The Morgan fingerprint density at radius 1 is 1.19 bits per heavy atom. The van der Waals surface area contributed by atoms with Gasteiger partial charge >= 0.3 is 21.7 Å². The van der Waals surface area contributed by atoms with Gasteiger partial charge in [0.25, 0.3) is 5.88 Å². The van der Waals surface area contributed by atoms with Gasteiger partial charge in [0.15, 0.2) is 5.82 Å². The van der Waals surface area contributed by atoms with E-state index in [1.54, 1.807) is 27.9 Å². The lowest BCUT2D eigenvalue weighted by atomic mass is 10.0. The van der Waals surface area contributed by atoms with Gasteiger partial charge in [-0.1, -0.05) is 6.58 Å². The fourth-order valence-electron chi connectivity index (χ4n) is 3.95. The molecule has 4 heterocycles. The summed E-state index contributed by atoms with van der Waals surface area (Å²) < 4.78 is 129. The lowest BCUT2D eigenvalue weighted by molar-refractivity contribution is -0.0501. The van der Waals surface area contributed by atoms with Crippen molar-refractivity contribution < 1.29 is 62.4 Å². The summed E-state index contributed by atoms with van der Waals surface area (Å²) in [7, 11) is -4.66. The largest absolute Gasteiger partial charge is 0.534 e. The Labute approximate surface area is 264 Å². The van der Waals surface area contributed by atoms with E-state index in [2.05, 4.69) is 25.6 Å². The van der Waals surface area contributed by atoms with Crippen LogP contribution in [0.2, 0.25) is 0 Å². The maximum absolute atomic E-state index is 14.8. The molecule has 3 aromatic rings. The second kappa shape index (κ2) is 14.9. The lowest BCUT2D eigenvalue weighted by Gasteiger charge is -2.30. The molecule has 0 saturated heterocycles. The van der Waals surface area contributed by atoms with E-state index in [0.717, 1.165) is 0 Å². The van der Waals surface area contributed by atoms with Gasteiger partial charge in [-0.25, -0.2) is 22.9 Å². The van der Waals surface area contributed by atoms with Crippen LogP contribution in [0.15, 0.2) is 47.8 Å². The second-order valence-electron chi connectivity index (χ2n) is 10.4. The fraction of sp³-hybridized carbons (Fsp3) is 0.393. The number of hydrogen-bond donors (Lipinski definition) is 0. The Hall–Kier alpha value is -4.52. The van der Waals surface area contributed by atoms with E-state index in [-0.39, 0.29) is 31.7 Å². The number of fused-ring (bicyclic) bond motifs is 2. The number of furan rings is 1. The molecule has 47 heavy (non-hydrogen) atoms. The Morgan fingerprint density at radius 3 is 2.49 bits per heavy atom. The minimum Gasteiger partial charge on any atom is -0.499 e. The number of allylic oxidation sites excluding steroid dienone is 2. The summed E-state index contributed by atoms with van der Waals surface area (Å²) in [5.41, 5.74) is -8.33. The number of halogens is 6. The van der Waals surface area contributed by atoms with Crippen LogP contribution in [-0.4, -0.2) is 72.2 Å². The van der Waals surface area contributed by atoms with Crippen molar-refractivity contribution in [3.8, 4) is 17.3 Å². The number of rotatable bonds is 9. The minimum atomic E-state index is -6.29. The number of carbonyl (C=O) groups excluding carboxylic acids is 1. The lowest BCUT2D eigenvalue weighted by Crippen LogP contribution is -2.41. The zero-order valence-corrected chi connectivity index (χ0v) is 26.3. The molecule has 0 aromatic carbocycles. The van der Waals surface area contributed by atoms with Gasteiger partial charge in [-0.3, -0.25) is 4.68 Å². The van der Waals surface area contributed by atoms with Crippen LogP contribution < -0.4 is 4.18 Å². The molecule has 0 N–H and O–H groups in total. The normalized spacial score (nSPS) is 14.1. The molecule has 0 radical (unpaired) electrons. The van der Waals surface area contributed by atoms with Gasteiger partial charge in [0.05, 0.1) is 43.4 Å². The van der Waals surface area contributed by atoms with Crippen molar-refractivity contribution in [2.24, 2.45) is 0 Å². The molecule has 1 aliphatic heterocycles. The first-order chi connectivity index (χ1) is 21.9. The Balaban J connectivity index is 0.000000771. The van der Waals surface area contributed by atoms with Crippen LogP contribution in [0.1, 0.15) is 32.0 Å². The number of ether oxygens (including phenoxy) is 3. The van der Waals surface area contributed by atoms with Gasteiger partial charge in [-0.2, -0.15) is 26.7 Å². The van der Waals surface area contributed by atoms with E-state index in [9.17, 15) is 39.6 Å². The summed E-state index contributed by atoms with van der Waals surface area (Å²) in [6.07, 6.45) is 2.00. The highest BCUT2D eigenvalue weighted by Crippen LogP contribution is 2.40. The van der Waals surface area contributed by atoms with Crippen molar-refractivity contribution in [3.63, 3.8) is 0 Å². The van der Waals surface area contributed by atoms with Gasteiger partial charge in [0.2, 0.25) is 5.58 Å². The quantitative estimate of drug-likeness (QED) is 0.0618. The predicted molar refractivity (Wildman–Crippen MR) is 155 cm³/mol. The molecule has 4 rings (SSSR count). The average molecular weight is 697 g/mol. The summed E-state index contributed by atoms with van der Waals surface area (Å²) in [5, 5.41) is 3.55. The SMILES string of the molecule is C=COCCOC.CC(C)(C)OC(=O)N1CCn2nc(-c3nc(OS(=O)(=O)C(F)(F)F)c4occ(F)c4c3C=C(F)/C=C/F)cc2C1. The highest BCUT2D eigenvalue weighted by molar-refractivity contribution is 7.88. The Morgan fingerprint density at radius 2 is 1.89 bits per heavy atom. The van der Waals surface area contributed by atoms with Crippen LogP contribution in [0.3, 0.4) is 0 Å². The predicted octanol–water partition coefficient (Wildman–Crippen LogP) is 6.40. The molecule has 0 fully saturated rings. The van der Waals surface area contributed by atoms with Crippen molar-refractivity contribution >= 4 is 33.3 Å². The van der Waals surface area contributed by atoms with Crippen LogP contribution in [0.5, 0.6) is 5.88 Å². The molecular formula is C28H30F6N4O8S. The van der Waals surface area contributed by atoms with Gasteiger partial charge in [0.1, 0.15) is 35.7 Å². The molecule has 1 aliphatic rings. The second-order valence-corrected chi connectivity index (χ2v) is 12.0. The third kappa shape index (κ3) is 9.28. The van der Waals surface area contributed by atoms with Gasteiger partial charge < -0.3 is 27.7 Å². The fourth-order valence-corrected chi connectivity index (χ4v) is 4.36. The van der Waals surface area contributed by atoms with E-state index in [1.165, 1.54) is 21.9 Å². The highest BCUT2D eigenvalue weighted by atomic mass is 32.2. The van der Waals surface area contributed by atoms with Crippen LogP contribution in [0, 0.1) is 5.82 Å². The van der Waals surface area contributed by atoms with E-state index in [1.807, 2.05) is 0 Å². The van der Waals surface area contributed by atoms with E-state index in [0.29, 0.717) is 37.3 Å². The molecule has 0 aliphatic carbocycles. The average Bonchev–Trinajstić information content (AvgIpc) is 3.57. The number of methoxy groups -OCH3 is 1. The molecule has 1 amide bonds. The first-order valence-electron chi connectivity index (χ1n) is 13.4. The summed E-state index contributed by atoms with van der Waals surface area (Å²) in [5.74, 6) is -3.80. The minimum absolute atomic E-state index is 0.0276. The molecule has 258 valence electrons. The number of alkyl halides is 3. The third-order valence-corrected chi connectivity index (χ3v) is 6.81. The standard InChI is InChI=1S/C23H20F6N4O6S.C5H10O2/c1-22(2,3)38-21(34)32-6-7-33-13(10-32)9-16(31-33)18-14(8-12(25)4-5-24)17-15(26)11-37-19(17)20(30-18)39-40(35,36)23(27,28)29;1-3-7-5-4-6-2/h4-5,8-9,11H,6-7,10H2,1-3H3;3H,1,4-5H2,2H3/b5-4+,12-8?;. The molecule has 0 bridgehead atoms. The zero-order valence-electron chi connectivity index (χ0n) is 25.4. The molecule has 0 unspecified atom stereocenters. The van der Waals surface area contributed by atoms with Crippen molar-refractivity contribution in [3.05, 3.63) is 60.5 Å². The van der Waals surface area contributed by atoms with Crippen LogP contribution >= 0.6 is 0 Å². The topological polar surface area (TPSA) is 135 Å². The first kappa shape index (κ1) is 36.9. The number of amides is 1. The molecule has 12 nitrogen and oxygen atoms in total. The first-order valence-corrected chi connectivity index (χ1v) is 14.8. The van der Waals surface area contributed by atoms with Gasteiger partial charge in [-0.15, -0.1) is 0 Å². The Kier molecular flexibility index (Phi) is 11.7. The van der Waals surface area contributed by atoms with Crippen LogP contribution in [0.4, 0.5) is 31.1 Å². The van der Waals surface area contributed by atoms with E-state index < -0.39 is 67.1 Å². The number of carbonyl (C=O) groups is 1. The Bertz CT molecular complexity index is 1760. The number of hydrogen-bond acceptors (Lipinski definition) is 10. The molecular weight excluding hydrogens is 666 g/mol. The summed E-state index contributed by atoms with van der Waals surface area (Å²) in [4.78, 5) is 17.6. The maximum Gasteiger partial charge on any atom is 0.534 e. The van der Waals surface area contributed by atoms with Crippen molar-refractivity contribution in [1.29, 1.82) is 0 Å². The third-order valence-electron chi connectivity index (χ3n) is 5.87. The number of aromatic nitrogens is 3. The van der Waals surface area contributed by atoms with Crippen molar-refractivity contribution in [2.45, 2.75) is 45.0 Å². The molecule has 0 atom stereocenters. The number of pyridine rings is 1. The van der Waals surface area contributed by atoms with Gasteiger partial charge in [0, 0.05) is 25.3 Å². The number of nitrogens with zero attached hydrogens (tertiary/aromatic N) is 4. The molecule has 3 aromatic heterocycles. The molecule has 0 spiro atoms. The van der Waals surface area contributed by atoms with E-state index in [4.69, 9.17) is 13.9 Å². The maximum atomic E-state index is 14.8. The van der Waals surface area contributed by atoms with Crippen LogP contribution in [0.25, 0.3) is 28.4 Å². The van der Waals surface area contributed by atoms with Crippen molar-refractivity contribution in [1.82, 2.24) is 19.7 Å². The van der Waals surface area contributed by atoms with Crippen LogP contribution in [-0.2, 0) is 37.4 Å². The summed E-state index contributed by atoms with van der Waals surface area (Å²) in [6.45, 7) is 9.89. The molecule has 0 saturated carbocycles. The summed E-state index contributed by atoms with van der Waals surface area (Å²) >= 11 is 0. The summed E-state index contributed by atoms with van der Waals surface area (Å²) in [6, 6.07) is 1.32. The monoisotopic (exact) mass is 696 g/mol.